The van der Waals surface area contributed by atoms with Crippen molar-refractivity contribution < 1.29 is 38.4 Å². The lowest BCUT2D eigenvalue weighted by atomic mass is 9.82. The highest BCUT2D eigenvalue weighted by atomic mass is 16.9. The molecule has 4 bridgehead atoms. The Balaban J connectivity index is 1.38. The van der Waals surface area contributed by atoms with Crippen molar-refractivity contribution in [1.82, 2.24) is 0 Å². The van der Waals surface area contributed by atoms with E-state index in [0.717, 1.165) is 0 Å². The van der Waals surface area contributed by atoms with Crippen molar-refractivity contribution >= 4 is 11.9 Å². The van der Waals surface area contributed by atoms with Crippen molar-refractivity contribution in [2.24, 2.45) is 0 Å². The molecule has 1 N–H and O–H groups in total. The zero-order chi connectivity index (χ0) is 20.0. The third-order valence-corrected chi connectivity index (χ3v) is 5.28. The molecule has 0 amide bonds. The lowest BCUT2D eigenvalue weighted by Crippen LogP contribution is -2.76. The summed E-state index contributed by atoms with van der Waals surface area (Å²) in [6.45, 7) is -1.00. The summed E-state index contributed by atoms with van der Waals surface area (Å²) in [5.41, 5.74) is 0.703. The normalized spacial score (nSPS) is 34.6. The molecule has 6 rings (SSSR count). The fraction of sp³-hybridized carbons (Fsp3) is 0.333. The minimum Gasteiger partial charge on any atom is -0.453 e. The van der Waals surface area contributed by atoms with Crippen molar-refractivity contribution in [3.63, 3.8) is 0 Å². The maximum atomic E-state index is 12.5. The highest BCUT2D eigenvalue weighted by molar-refractivity contribution is 5.90. The topological polar surface area (TPSA) is 101 Å². The molecular weight excluding hydrogens is 380 g/mol. The quantitative estimate of drug-likeness (QED) is 0.769. The van der Waals surface area contributed by atoms with E-state index < -0.39 is 55.0 Å². The summed E-state index contributed by atoms with van der Waals surface area (Å²) in [5.74, 6) is -1.17. The number of carbonyl (C=O) groups excluding carboxylic acids is 2. The number of carbonyl (C=O) groups is 2. The lowest BCUT2D eigenvalue weighted by molar-refractivity contribution is -0.479. The van der Waals surface area contributed by atoms with E-state index in [4.69, 9.17) is 23.7 Å². The van der Waals surface area contributed by atoms with E-state index >= 15 is 0 Å². The van der Waals surface area contributed by atoms with Crippen LogP contribution in [0, 0.1) is 0 Å². The minimum absolute atomic E-state index is 0.352. The van der Waals surface area contributed by atoms with Crippen LogP contribution in [-0.2, 0) is 23.7 Å². The van der Waals surface area contributed by atoms with Crippen LogP contribution >= 0.6 is 0 Å². The maximum absolute atomic E-state index is 12.5. The van der Waals surface area contributed by atoms with Gasteiger partial charge in [0.15, 0.2) is 12.2 Å². The Morgan fingerprint density at radius 1 is 0.690 bits per heavy atom. The Kier molecular flexibility index (Phi) is 4.56. The molecule has 8 heteroatoms. The predicted molar refractivity (Wildman–Crippen MR) is 95.7 cm³/mol. The number of ether oxygens (including phenoxy) is 5. The number of aliphatic hydroxyl groups is 1. The first-order valence-electron chi connectivity index (χ1n) is 9.28. The smallest absolute Gasteiger partial charge is 0.338 e. The number of aliphatic hydroxyl groups excluding tert-OH is 1. The summed E-state index contributed by atoms with van der Waals surface area (Å²) in [4.78, 5) is 25.1. The van der Waals surface area contributed by atoms with E-state index in [2.05, 4.69) is 0 Å². The van der Waals surface area contributed by atoms with Crippen LogP contribution in [-0.4, -0.2) is 60.1 Å². The van der Waals surface area contributed by atoms with E-state index in [-0.39, 0.29) is 0 Å². The van der Waals surface area contributed by atoms with Gasteiger partial charge in [-0.05, 0) is 24.3 Å². The maximum Gasteiger partial charge on any atom is 0.338 e. The summed E-state index contributed by atoms with van der Waals surface area (Å²) in [6, 6.07) is 16.9. The van der Waals surface area contributed by atoms with Crippen LogP contribution in [0.4, 0.5) is 0 Å². The first-order valence-corrected chi connectivity index (χ1v) is 9.28. The molecule has 4 fully saturated rings. The second-order valence-corrected chi connectivity index (χ2v) is 7.05. The van der Waals surface area contributed by atoms with Crippen molar-refractivity contribution in [3.8, 4) is 0 Å². The van der Waals surface area contributed by atoms with Gasteiger partial charge in [0.25, 0.3) is 6.48 Å². The monoisotopic (exact) mass is 398 g/mol. The molecule has 1 saturated carbocycles. The summed E-state index contributed by atoms with van der Waals surface area (Å²) in [7, 11) is 0. The number of hydrogen-bond acceptors (Lipinski definition) is 8. The van der Waals surface area contributed by atoms with Crippen molar-refractivity contribution in [3.05, 3.63) is 71.8 Å². The van der Waals surface area contributed by atoms with Crippen LogP contribution < -0.4 is 0 Å². The summed E-state index contributed by atoms with van der Waals surface area (Å²) in [5, 5.41) is 10.6. The van der Waals surface area contributed by atoms with Crippen LogP contribution in [0.3, 0.4) is 0 Å². The van der Waals surface area contributed by atoms with Crippen molar-refractivity contribution in [1.29, 1.82) is 0 Å². The highest BCUT2D eigenvalue weighted by Gasteiger charge is 2.64. The molecule has 0 spiro atoms. The minimum atomic E-state index is -1.14. The third-order valence-electron chi connectivity index (χ3n) is 5.28. The number of esters is 2. The molecule has 3 saturated heterocycles. The number of rotatable bonds is 4. The molecular formula is C21H18O8. The predicted octanol–water partition coefficient (Wildman–Crippen LogP) is 1.28. The molecule has 3 heterocycles. The Bertz CT molecular complexity index is 830. The molecule has 2 aromatic rings. The summed E-state index contributed by atoms with van der Waals surface area (Å²) >= 11 is 0. The van der Waals surface area contributed by atoms with Gasteiger partial charge in [0.05, 0.1) is 11.1 Å². The average molecular weight is 398 g/mol. The first-order chi connectivity index (χ1) is 14.1. The van der Waals surface area contributed by atoms with Gasteiger partial charge >= 0.3 is 11.9 Å². The van der Waals surface area contributed by atoms with Gasteiger partial charge in [0.1, 0.15) is 24.4 Å². The fourth-order valence-electron chi connectivity index (χ4n) is 3.89. The highest BCUT2D eigenvalue weighted by Crippen LogP contribution is 2.42. The van der Waals surface area contributed by atoms with E-state index in [9.17, 15) is 14.7 Å². The van der Waals surface area contributed by atoms with Gasteiger partial charge in [-0.3, -0.25) is 0 Å². The second-order valence-electron chi connectivity index (χ2n) is 7.05. The van der Waals surface area contributed by atoms with Crippen LogP contribution in [0.5, 0.6) is 0 Å². The van der Waals surface area contributed by atoms with Crippen LogP contribution in [0.25, 0.3) is 0 Å². The average Bonchev–Trinajstić information content (AvgIpc) is 2.76. The number of benzene rings is 2. The standard InChI is InChI=1S/C21H18O8/c22-13-14-16(25-19(23)11-7-3-1-4-8-11)18-17(15(13)28-21(27-14)29-18)26-20(24)12-9-5-2-6-10-12/h1-10,13-18,21-22H/t13?,14-,15+,16-,17-,18?,21?/m0/s1. The third kappa shape index (κ3) is 3.20. The molecule has 0 aromatic heterocycles. The summed E-state index contributed by atoms with van der Waals surface area (Å²) < 4.78 is 27.9. The molecule has 3 unspecified atom stereocenters. The fourth-order valence-corrected chi connectivity index (χ4v) is 3.89. The molecule has 0 radical (unpaired) electrons. The molecule has 8 nitrogen and oxygen atoms in total. The van der Waals surface area contributed by atoms with E-state index in [1.54, 1.807) is 60.7 Å². The van der Waals surface area contributed by atoms with Crippen LogP contribution in [0.1, 0.15) is 20.7 Å². The van der Waals surface area contributed by atoms with E-state index in [1.807, 2.05) is 0 Å². The molecule has 4 aliphatic rings. The lowest BCUT2D eigenvalue weighted by Gasteiger charge is -2.56. The molecule has 2 aromatic carbocycles. The van der Waals surface area contributed by atoms with E-state index in [1.165, 1.54) is 0 Å². The van der Waals surface area contributed by atoms with Gasteiger partial charge in [-0.25, -0.2) is 9.59 Å². The van der Waals surface area contributed by atoms with Gasteiger partial charge in [-0.1, -0.05) is 36.4 Å². The summed E-state index contributed by atoms with van der Waals surface area (Å²) in [6.07, 6.45) is -5.55. The van der Waals surface area contributed by atoms with E-state index in [0.29, 0.717) is 11.1 Å². The van der Waals surface area contributed by atoms with Gasteiger partial charge in [-0.15, -0.1) is 0 Å². The largest absolute Gasteiger partial charge is 0.453 e. The molecule has 150 valence electrons. The zero-order valence-corrected chi connectivity index (χ0v) is 15.1. The molecule has 29 heavy (non-hydrogen) atoms. The van der Waals surface area contributed by atoms with Crippen LogP contribution in [0.15, 0.2) is 60.7 Å². The molecule has 1 aliphatic carbocycles. The molecule has 7 atom stereocenters. The zero-order valence-electron chi connectivity index (χ0n) is 15.1. The van der Waals surface area contributed by atoms with Gasteiger partial charge in [0, 0.05) is 0 Å². The SMILES string of the molecule is O=C(O[C@@H]1C2OC3O[C@@H]1C(O)[C@H](O3)[C@@H]2OC(=O)c1ccccc1)c1ccccc1. The Labute approximate surface area is 165 Å². The van der Waals surface area contributed by atoms with Crippen LogP contribution in [0.2, 0.25) is 0 Å². The first kappa shape index (κ1) is 18.3. The molecule has 3 aliphatic heterocycles. The van der Waals surface area contributed by atoms with Gasteiger partial charge < -0.3 is 28.8 Å². The van der Waals surface area contributed by atoms with Crippen molar-refractivity contribution in [2.75, 3.05) is 0 Å². The van der Waals surface area contributed by atoms with Crippen molar-refractivity contribution in [2.45, 2.75) is 43.1 Å². The van der Waals surface area contributed by atoms with Gasteiger partial charge in [-0.2, -0.15) is 0 Å². The Morgan fingerprint density at radius 3 is 1.55 bits per heavy atom. The number of hydrogen-bond donors (Lipinski definition) is 1. The second kappa shape index (κ2) is 7.23. The Morgan fingerprint density at radius 2 is 1.10 bits per heavy atom. The van der Waals surface area contributed by atoms with Gasteiger partial charge in [0.2, 0.25) is 0 Å². The Hall–Kier alpha value is -2.78.